The third kappa shape index (κ3) is 3.77. The fourth-order valence-corrected chi connectivity index (χ4v) is 4.69. The Bertz CT molecular complexity index is 693. The van der Waals surface area contributed by atoms with Crippen LogP contribution in [0.5, 0.6) is 0 Å². The molecule has 27 heavy (non-hydrogen) atoms. The van der Waals surface area contributed by atoms with Gasteiger partial charge in [0, 0.05) is 43.7 Å². The number of halogens is 4. The van der Waals surface area contributed by atoms with Crippen molar-refractivity contribution in [3.8, 4) is 0 Å². The molecule has 2 N–H and O–H groups in total. The second-order valence-electron chi connectivity index (χ2n) is 7.86. The highest BCUT2D eigenvalue weighted by Gasteiger charge is 2.44. The smallest absolute Gasteiger partial charge is 0.371 e. The Morgan fingerprint density at radius 3 is 2.52 bits per heavy atom. The normalized spacial score (nSPS) is 33.3. The zero-order valence-corrected chi connectivity index (χ0v) is 14.8. The number of amides is 1. The van der Waals surface area contributed by atoms with Gasteiger partial charge in [0.15, 0.2) is 0 Å². The summed E-state index contributed by atoms with van der Waals surface area (Å²) in [5.41, 5.74) is 0.131. The van der Waals surface area contributed by atoms with Gasteiger partial charge in [-0.3, -0.25) is 4.79 Å². The average Bonchev–Trinajstić information content (AvgIpc) is 3.31. The van der Waals surface area contributed by atoms with Gasteiger partial charge in [0.25, 0.3) is 0 Å². The van der Waals surface area contributed by atoms with E-state index in [1.54, 1.807) is 0 Å². The molecule has 0 unspecified atom stereocenters. The van der Waals surface area contributed by atoms with Crippen LogP contribution < -0.4 is 15.5 Å². The van der Waals surface area contributed by atoms with Crippen LogP contribution in [0.2, 0.25) is 0 Å². The maximum Gasteiger partial charge on any atom is 0.416 e. The Kier molecular flexibility index (Phi) is 4.78. The lowest BCUT2D eigenvalue weighted by Gasteiger charge is -2.24. The molecule has 1 saturated carbocycles. The summed E-state index contributed by atoms with van der Waals surface area (Å²) >= 11 is 0. The number of alkyl halides is 4. The van der Waals surface area contributed by atoms with Gasteiger partial charge < -0.3 is 15.5 Å². The minimum absolute atomic E-state index is 0.0439. The summed E-state index contributed by atoms with van der Waals surface area (Å²) in [5, 5.41) is 5.97. The molecule has 0 aromatic heterocycles. The zero-order valence-electron chi connectivity index (χ0n) is 14.8. The highest BCUT2D eigenvalue weighted by Crippen LogP contribution is 2.40. The van der Waals surface area contributed by atoms with Crippen molar-refractivity contribution in [1.82, 2.24) is 10.6 Å². The highest BCUT2D eigenvalue weighted by molar-refractivity contribution is 5.82. The Balaban J connectivity index is 1.37. The van der Waals surface area contributed by atoms with Gasteiger partial charge in [0.2, 0.25) is 5.91 Å². The summed E-state index contributed by atoms with van der Waals surface area (Å²) in [5.74, 6) is 0.552. The third-order valence-electron chi connectivity index (χ3n) is 6.14. The van der Waals surface area contributed by atoms with E-state index in [9.17, 15) is 22.4 Å². The molecule has 1 amide bonds. The van der Waals surface area contributed by atoms with Crippen molar-refractivity contribution in [2.75, 3.05) is 24.5 Å². The van der Waals surface area contributed by atoms with Gasteiger partial charge in [-0.05, 0) is 43.0 Å². The molecule has 1 aromatic carbocycles. The van der Waals surface area contributed by atoms with Gasteiger partial charge in [-0.1, -0.05) is 0 Å². The van der Waals surface area contributed by atoms with E-state index in [-0.39, 0.29) is 30.8 Å². The molecular formula is C19H23F4N3O. The molecule has 5 atom stereocenters. The first-order chi connectivity index (χ1) is 12.8. The van der Waals surface area contributed by atoms with Crippen molar-refractivity contribution in [1.29, 1.82) is 0 Å². The lowest BCUT2D eigenvalue weighted by Crippen LogP contribution is -2.47. The quantitative estimate of drug-likeness (QED) is 0.787. The number of hydrogen-bond acceptors (Lipinski definition) is 3. The number of rotatable bonds is 3. The molecule has 4 rings (SSSR count). The van der Waals surface area contributed by atoms with Crippen LogP contribution in [-0.2, 0) is 11.0 Å². The fourth-order valence-electron chi connectivity index (χ4n) is 4.69. The van der Waals surface area contributed by atoms with Crippen molar-refractivity contribution in [3.63, 3.8) is 0 Å². The number of nitrogens with zero attached hydrogens (tertiary/aromatic N) is 1. The molecule has 2 heterocycles. The Morgan fingerprint density at radius 1 is 1.15 bits per heavy atom. The van der Waals surface area contributed by atoms with E-state index in [0.29, 0.717) is 12.5 Å². The summed E-state index contributed by atoms with van der Waals surface area (Å²) in [4.78, 5) is 14.5. The molecule has 0 bridgehead atoms. The predicted octanol–water partition coefficient (Wildman–Crippen LogP) is 2.74. The molecule has 2 aliphatic heterocycles. The highest BCUT2D eigenvalue weighted by atomic mass is 19.4. The van der Waals surface area contributed by atoms with Gasteiger partial charge in [-0.2, -0.15) is 13.2 Å². The SMILES string of the molecule is O=C(N[C@H]1CC[C@@H]2CN(c3ccc(C(F)(F)F)cc3)C[C@@H]21)[C@@H]1C[C@@H](F)CN1. The number of nitrogens with one attached hydrogen (secondary N) is 2. The first-order valence-corrected chi connectivity index (χ1v) is 9.41. The number of benzene rings is 1. The van der Waals surface area contributed by atoms with E-state index in [2.05, 4.69) is 15.5 Å². The molecule has 1 aromatic rings. The van der Waals surface area contributed by atoms with Crippen LogP contribution in [0.25, 0.3) is 0 Å². The monoisotopic (exact) mass is 385 g/mol. The average molecular weight is 385 g/mol. The van der Waals surface area contributed by atoms with Crippen LogP contribution in [0, 0.1) is 11.8 Å². The van der Waals surface area contributed by atoms with Crippen LogP contribution in [0.15, 0.2) is 24.3 Å². The van der Waals surface area contributed by atoms with E-state index in [1.807, 2.05) is 0 Å². The second-order valence-corrected chi connectivity index (χ2v) is 7.86. The second kappa shape index (κ2) is 6.96. The maximum absolute atomic E-state index is 13.3. The molecule has 3 aliphatic rings. The molecule has 2 saturated heterocycles. The zero-order chi connectivity index (χ0) is 19.2. The standard InChI is InChI=1S/C19H23F4N3O/c20-13-7-17(24-8-13)18(27)25-16-6-1-11-9-26(10-15(11)16)14-4-2-12(3-5-14)19(21,22)23/h2-5,11,13,15-17,24H,1,6-10H2,(H,25,27)/t11-,13-,15+,16+,17+/m1/s1. The van der Waals surface area contributed by atoms with Crippen molar-refractivity contribution < 1.29 is 22.4 Å². The summed E-state index contributed by atoms with van der Waals surface area (Å²) in [6.45, 7) is 1.72. The van der Waals surface area contributed by atoms with Gasteiger partial charge in [0.1, 0.15) is 6.17 Å². The van der Waals surface area contributed by atoms with Crippen LogP contribution in [0.4, 0.5) is 23.2 Å². The number of carbonyl (C=O) groups excluding carboxylic acids is 1. The Hall–Kier alpha value is -1.83. The maximum atomic E-state index is 13.3. The van der Waals surface area contributed by atoms with Gasteiger partial charge >= 0.3 is 6.18 Å². The number of fused-ring (bicyclic) bond motifs is 1. The van der Waals surface area contributed by atoms with Crippen molar-refractivity contribution >= 4 is 11.6 Å². The van der Waals surface area contributed by atoms with Crippen molar-refractivity contribution in [2.45, 2.75) is 43.7 Å². The Labute approximate surface area is 155 Å². The third-order valence-corrected chi connectivity index (χ3v) is 6.14. The first-order valence-electron chi connectivity index (χ1n) is 9.41. The van der Waals surface area contributed by atoms with Crippen LogP contribution in [0.3, 0.4) is 0 Å². The minimum Gasteiger partial charge on any atom is -0.371 e. The molecular weight excluding hydrogens is 362 g/mol. The summed E-state index contributed by atoms with van der Waals surface area (Å²) < 4.78 is 51.5. The topological polar surface area (TPSA) is 44.4 Å². The van der Waals surface area contributed by atoms with Gasteiger partial charge in [0.05, 0.1) is 11.6 Å². The number of carbonyl (C=O) groups is 1. The summed E-state index contributed by atoms with van der Waals surface area (Å²) in [6.07, 6.45) is -3.21. The number of hydrogen-bond donors (Lipinski definition) is 2. The van der Waals surface area contributed by atoms with Gasteiger partial charge in [-0.15, -0.1) is 0 Å². The van der Waals surface area contributed by atoms with E-state index in [1.165, 1.54) is 12.1 Å². The van der Waals surface area contributed by atoms with E-state index < -0.39 is 24.0 Å². The van der Waals surface area contributed by atoms with Gasteiger partial charge in [-0.25, -0.2) is 4.39 Å². The minimum atomic E-state index is -4.33. The van der Waals surface area contributed by atoms with Crippen LogP contribution in [-0.4, -0.2) is 43.8 Å². The van der Waals surface area contributed by atoms with E-state index in [4.69, 9.17) is 0 Å². The van der Waals surface area contributed by atoms with Crippen LogP contribution in [0.1, 0.15) is 24.8 Å². The van der Waals surface area contributed by atoms with Crippen molar-refractivity contribution in [2.24, 2.45) is 11.8 Å². The predicted molar refractivity (Wildman–Crippen MR) is 93.1 cm³/mol. The summed E-state index contributed by atoms with van der Waals surface area (Å²) in [7, 11) is 0. The molecule has 0 spiro atoms. The van der Waals surface area contributed by atoms with E-state index in [0.717, 1.165) is 37.2 Å². The fraction of sp³-hybridized carbons (Fsp3) is 0.632. The molecule has 3 fully saturated rings. The molecule has 4 nitrogen and oxygen atoms in total. The van der Waals surface area contributed by atoms with E-state index >= 15 is 0 Å². The molecule has 0 radical (unpaired) electrons. The summed E-state index contributed by atoms with van der Waals surface area (Å²) in [6, 6.07) is 4.83. The first kappa shape index (κ1) is 18.5. The molecule has 1 aliphatic carbocycles. The largest absolute Gasteiger partial charge is 0.416 e. The Morgan fingerprint density at radius 2 is 1.89 bits per heavy atom. The van der Waals surface area contributed by atoms with Crippen molar-refractivity contribution in [3.05, 3.63) is 29.8 Å². The molecule has 8 heteroatoms. The molecule has 148 valence electrons. The number of anilines is 1. The lowest BCUT2D eigenvalue weighted by atomic mass is 9.97. The lowest BCUT2D eigenvalue weighted by molar-refractivity contribution is -0.137. The van der Waals surface area contributed by atoms with Crippen LogP contribution >= 0.6 is 0 Å².